The van der Waals surface area contributed by atoms with Crippen LogP contribution in [0.3, 0.4) is 0 Å². The Hall–Kier alpha value is -1.36. The van der Waals surface area contributed by atoms with Crippen LogP contribution in [0.15, 0.2) is 6.33 Å². The number of rotatable bonds is 1. The lowest BCUT2D eigenvalue weighted by molar-refractivity contribution is -0.347. The van der Waals surface area contributed by atoms with E-state index in [1.807, 2.05) is 19.0 Å². The van der Waals surface area contributed by atoms with E-state index in [4.69, 9.17) is 11.6 Å². The van der Waals surface area contributed by atoms with Gasteiger partial charge in [0, 0.05) is 14.1 Å². The zero-order valence-corrected chi connectivity index (χ0v) is 8.05. The zero-order valence-electron chi connectivity index (χ0n) is 7.30. The second-order valence-electron chi connectivity index (χ2n) is 2.87. The Bertz CT molecular complexity index is 435. The highest BCUT2D eigenvalue weighted by Crippen LogP contribution is 2.18. The quantitative estimate of drug-likeness (QED) is 0.679. The second-order valence-corrected chi connectivity index (χ2v) is 3.21. The minimum absolute atomic E-state index is 0.243. The average molecular weight is 199 g/mol. The fourth-order valence-corrected chi connectivity index (χ4v) is 1.32. The molecule has 2 heterocycles. The van der Waals surface area contributed by atoms with Gasteiger partial charge in [-0.15, -0.1) is 0 Å². The van der Waals surface area contributed by atoms with Crippen molar-refractivity contribution in [1.29, 1.82) is 0 Å². The van der Waals surface area contributed by atoms with Crippen LogP contribution >= 0.6 is 11.6 Å². The van der Waals surface area contributed by atoms with Crippen molar-refractivity contribution in [2.24, 2.45) is 0 Å². The third-order valence-electron chi connectivity index (χ3n) is 1.71. The minimum atomic E-state index is 0.243. The van der Waals surface area contributed by atoms with Gasteiger partial charge in [-0.05, 0) is 11.6 Å². The Morgan fingerprint density at radius 3 is 2.92 bits per heavy atom. The molecule has 0 saturated heterocycles. The number of hydrogen-bond acceptors (Lipinski definition) is 3. The van der Waals surface area contributed by atoms with Crippen LogP contribution in [-0.4, -0.2) is 29.0 Å². The minimum Gasteiger partial charge on any atom is -0.359 e. The van der Waals surface area contributed by atoms with Gasteiger partial charge in [0.05, 0.1) is 0 Å². The molecule has 13 heavy (non-hydrogen) atoms. The van der Waals surface area contributed by atoms with Gasteiger partial charge < -0.3 is 4.90 Å². The highest BCUT2D eigenvalue weighted by atomic mass is 35.5. The molecule has 5 nitrogen and oxygen atoms in total. The maximum atomic E-state index is 5.74. The van der Waals surface area contributed by atoms with Crippen molar-refractivity contribution in [3.05, 3.63) is 11.6 Å². The van der Waals surface area contributed by atoms with E-state index in [0.29, 0.717) is 5.65 Å². The summed E-state index contributed by atoms with van der Waals surface area (Å²) in [6.07, 6.45) is 1.70. The van der Waals surface area contributed by atoms with Gasteiger partial charge in [-0.25, -0.2) is 4.98 Å². The Balaban J connectivity index is 2.77. The van der Waals surface area contributed by atoms with E-state index in [2.05, 4.69) is 19.9 Å². The van der Waals surface area contributed by atoms with Crippen molar-refractivity contribution in [2.45, 2.75) is 0 Å². The van der Waals surface area contributed by atoms with Gasteiger partial charge in [0.1, 0.15) is 0 Å². The predicted molar refractivity (Wildman–Crippen MR) is 49.8 cm³/mol. The summed E-state index contributed by atoms with van der Waals surface area (Å²) < 4.78 is 0. The van der Waals surface area contributed by atoms with Gasteiger partial charge in [-0.2, -0.15) is 4.98 Å². The maximum absolute atomic E-state index is 5.74. The number of aromatic nitrogens is 4. The lowest BCUT2D eigenvalue weighted by Crippen LogP contribution is -2.12. The average Bonchev–Trinajstić information content (AvgIpc) is 2.49. The van der Waals surface area contributed by atoms with Crippen molar-refractivity contribution in [1.82, 2.24) is 15.0 Å². The number of nitrogens with zero attached hydrogens (tertiary/aromatic N) is 3. The Kier molecular flexibility index (Phi) is 1.81. The summed E-state index contributed by atoms with van der Waals surface area (Å²) in [7, 11) is 3.80. The van der Waals surface area contributed by atoms with Crippen LogP contribution in [0.1, 0.15) is 0 Å². The first kappa shape index (κ1) is 8.25. The fraction of sp³-hybridized carbons (Fsp3) is 0.286. The molecule has 0 aliphatic carbocycles. The second kappa shape index (κ2) is 2.85. The van der Waals surface area contributed by atoms with Crippen LogP contribution in [0.4, 0.5) is 5.82 Å². The topological polar surface area (TPSA) is 59.0 Å². The summed E-state index contributed by atoms with van der Waals surface area (Å²) in [5.74, 6) is 0.774. The highest BCUT2D eigenvalue weighted by Gasteiger charge is 2.15. The smallest absolute Gasteiger partial charge is 0.306 e. The van der Waals surface area contributed by atoms with Crippen LogP contribution in [0.25, 0.3) is 11.2 Å². The highest BCUT2D eigenvalue weighted by molar-refractivity contribution is 6.28. The molecule has 0 unspecified atom stereocenters. The van der Waals surface area contributed by atoms with E-state index >= 15 is 0 Å². The molecule has 6 heteroatoms. The molecule has 0 aromatic carbocycles. The molecule has 0 saturated carbocycles. The number of hydrogen-bond donors (Lipinski definition) is 1. The van der Waals surface area contributed by atoms with Crippen molar-refractivity contribution in [3.8, 4) is 0 Å². The molecule has 0 amide bonds. The lowest BCUT2D eigenvalue weighted by Gasteiger charge is -2.08. The summed E-state index contributed by atoms with van der Waals surface area (Å²) in [5.41, 5.74) is 1.57. The summed E-state index contributed by atoms with van der Waals surface area (Å²) in [6, 6.07) is 0. The number of fused-ring (bicyclic) bond motifs is 1. The molecule has 0 aliphatic rings. The van der Waals surface area contributed by atoms with E-state index < -0.39 is 0 Å². The number of anilines is 1. The van der Waals surface area contributed by atoms with Crippen molar-refractivity contribution in [3.63, 3.8) is 0 Å². The zero-order chi connectivity index (χ0) is 9.42. The molecule has 0 bridgehead atoms. The molecule has 0 fully saturated rings. The van der Waals surface area contributed by atoms with E-state index in [1.165, 1.54) is 0 Å². The number of aromatic amines is 2. The van der Waals surface area contributed by atoms with E-state index in [-0.39, 0.29) is 5.28 Å². The molecule has 0 spiro atoms. The van der Waals surface area contributed by atoms with Crippen molar-refractivity contribution >= 4 is 28.6 Å². The first-order chi connectivity index (χ1) is 6.18. The van der Waals surface area contributed by atoms with E-state index in [9.17, 15) is 0 Å². The molecule has 2 aromatic rings. The van der Waals surface area contributed by atoms with Crippen LogP contribution in [-0.2, 0) is 0 Å². The lowest BCUT2D eigenvalue weighted by atomic mass is 10.5. The Morgan fingerprint density at radius 1 is 1.46 bits per heavy atom. The van der Waals surface area contributed by atoms with Gasteiger partial charge in [0.25, 0.3) is 0 Å². The third kappa shape index (κ3) is 1.31. The molecule has 2 rings (SSSR count). The summed E-state index contributed by atoms with van der Waals surface area (Å²) >= 11 is 5.74. The maximum Gasteiger partial charge on any atom is 0.306 e. The summed E-state index contributed by atoms with van der Waals surface area (Å²) in [6.45, 7) is 0. The standard InChI is InChI=1S/C7H8ClN5/c1-13(2)6-4-5(10-3-9-4)11-7(8)12-6/h3H,1-2H3,(H,9,10,11,12)/p+1. The third-order valence-corrected chi connectivity index (χ3v) is 1.88. The first-order valence-corrected chi connectivity index (χ1v) is 4.16. The van der Waals surface area contributed by atoms with Crippen molar-refractivity contribution in [2.75, 3.05) is 19.0 Å². The van der Waals surface area contributed by atoms with Crippen LogP contribution < -0.4 is 9.88 Å². The first-order valence-electron chi connectivity index (χ1n) is 3.78. The van der Waals surface area contributed by atoms with Crippen LogP contribution in [0.5, 0.6) is 0 Å². The van der Waals surface area contributed by atoms with Crippen LogP contribution in [0.2, 0.25) is 5.28 Å². The van der Waals surface area contributed by atoms with Crippen molar-refractivity contribution < 1.29 is 4.98 Å². The summed E-state index contributed by atoms with van der Waals surface area (Å²) in [5, 5.41) is 0.243. The predicted octanol–water partition coefficient (Wildman–Crippen LogP) is 0.491. The Labute approximate surface area is 79.8 Å². The molecule has 2 aromatic heterocycles. The monoisotopic (exact) mass is 198 g/mol. The number of halogens is 1. The SMILES string of the molecule is CN(C)c1nc(Cl)nc2[nH+]c[nH]c12. The molecular weight excluding hydrogens is 190 g/mol. The van der Waals surface area contributed by atoms with Gasteiger partial charge in [-0.3, -0.25) is 4.98 Å². The number of imidazole rings is 1. The fourth-order valence-electron chi connectivity index (χ4n) is 1.16. The summed E-state index contributed by atoms with van der Waals surface area (Å²) in [4.78, 5) is 16.0. The molecule has 0 radical (unpaired) electrons. The number of H-pyrrole nitrogens is 2. The molecule has 2 N–H and O–H groups in total. The van der Waals surface area contributed by atoms with Gasteiger partial charge in [-0.1, -0.05) is 4.98 Å². The van der Waals surface area contributed by atoms with Gasteiger partial charge in [0.15, 0.2) is 12.1 Å². The van der Waals surface area contributed by atoms with Gasteiger partial charge in [0.2, 0.25) is 5.52 Å². The molecular formula is C7H9ClN5+. The van der Waals surface area contributed by atoms with E-state index in [1.54, 1.807) is 6.33 Å². The van der Waals surface area contributed by atoms with Gasteiger partial charge >= 0.3 is 10.9 Å². The van der Waals surface area contributed by atoms with Crippen LogP contribution in [0, 0.1) is 0 Å². The largest absolute Gasteiger partial charge is 0.359 e. The normalized spacial score (nSPS) is 10.7. The Morgan fingerprint density at radius 2 is 2.23 bits per heavy atom. The number of nitrogens with one attached hydrogen (secondary N) is 2. The molecule has 0 aliphatic heterocycles. The van der Waals surface area contributed by atoms with E-state index in [0.717, 1.165) is 11.3 Å². The molecule has 68 valence electrons. The molecule has 0 atom stereocenters.